The maximum atomic E-state index is 12.7. The van der Waals surface area contributed by atoms with Crippen LogP contribution in [0.3, 0.4) is 0 Å². The number of hydrogen-bond donors (Lipinski definition) is 1. The molecule has 3 aromatic rings. The van der Waals surface area contributed by atoms with E-state index in [1.165, 1.54) is 45.5 Å². The number of rotatable bonds is 7. The molecule has 0 unspecified atom stereocenters. The van der Waals surface area contributed by atoms with E-state index in [0.29, 0.717) is 15.7 Å². The van der Waals surface area contributed by atoms with Gasteiger partial charge in [-0.25, -0.2) is 4.79 Å². The van der Waals surface area contributed by atoms with Crippen LogP contribution in [-0.2, 0) is 35.8 Å². The van der Waals surface area contributed by atoms with Crippen molar-refractivity contribution in [2.24, 2.45) is 7.05 Å². The third-order valence-electron chi connectivity index (χ3n) is 5.68. The van der Waals surface area contributed by atoms with Gasteiger partial charge in [0.1, 0.15) is 5.00 Å². The van der Waals surface area contributed by atoms with Crippen molar-refractivity contribution in [3.05, 3.63) is 31.8 Å². The number of thioether (sulfide) groups is 1. The fourth-order valence-electron chi connectivity index (χ4n) is 4.05. The Morgan fingerprint density at radius 2 is 2.06 bits per heavy atom. The molecule has 170 valence electrons. The standard InChI is InChI=1S/C22H26N4O3S3/c1-5-13-12(2)30-10-15(13)19-24-25-22(26(19)3)31-11-17(27)23-20-18(21(28)29-4)14-8-6-7-9-16(14)32-20/h10H,5-9,11H2,1-4H3,(H,23,27). The molecule has 0 atom stereocenters. The van der Waals surface area contributed by atoms with Gasteiger partial charge in [0.15, 0.2) is 11.0 Å². The molecule has 0 bridgehead atoms. The van der Waals surface area contributed by atoms with Gasteiger partial charge in [-0.05, 0) is 50.2 Å². The number of thiophene rings is 2. The van der Waals surface area contributed by atoms with Gasteiger partial charge in [-0.1, -0.05) is 18.7 Å². The van der Waals surface area contributed by atoms with Crippen LogP contribution in [0.15, 0.2) is 10.5 Å². The van der Waals surface area contributed by atoms with E-state index in [2.05, 4.69) is 34.7 Å². The van der Waals surface area contributed by atoms with E-state index < -0.39 is 0 Å². The van der Waals surface area contributed by atoms with Crippen molar-refractivity contribution in [2.45, 2.75) is 51.1 Å². The molecule has 3 aromatic heterocycles. The Balaban J connectivity index is 1.47. The van der Waals surface area contributed by atoms with Crippen molar-refractivity contribution >= 4 is 51.3 Å². The Morgan fingerprint density at radius 1 is 1.28 bits per heavy atom. The molecule has 7 nitrogen and oxygen atoms in total. The molecule has 1 N–H and O–H groups in total. The molecule has 0 saturated heterocycles. The summed E-state index contributed by atoms with van der Waals surface area (Å²) in [6.07, 6.45) is 4.89. The first kappa shape index (κ1) is 23.0. The van der Waals surface area contributed by atoms with E-state index in [4.69, 9.17) is 4.74 Å². The predicted octanol–water partition coefficient (Wildman–Crippen LogP) is 4.87. The van der Waals surface area contributed by atoms with Crippen LogP contribution in [0.25, 0.3) is 11.4 Å². The average Bonchev–Trinajstić information content (AvgIpc) is 3.45. The molecule has 1 aliphatic carbocycles. The number of esters is 1. The maximum Gasteiger partial charge on any atom is 0.341 e. The van der Waals surface area contributed by atoms with Crippen LogP contribution in [0.5, 0.6) is 0 Å². The van der Waals surface area contributed by atoms with Crippen LogP contribution in [0.1, 0.15) is 51.0 Å². The molecule has 0 aliphatic heterocycles. The molecule has 4 rings (SSSR count). The normalized spacial score (nSPS) is 13.1. The summed E-state index contributed by atoms with van der Waals surface area (Å²) in [6.45, 7) is 4.26. The SMILES string of the molecule is CCc1c(-c2nnc(SCC(=O)Nc3sc4c(c3C(=O)OC)CCCC4)n2C)csc1C. The molecular formula is C22H26N4O3S3. The van der Waals surface area contributed by atoms with Gasteiger partial charge in [-0.15, -0.1) is 32.9 Å². The van der Waals surface area contributed by atoms with E-state index in [1.807, 2.05) is 11.6 Å². The Labute approximate surface area is 199 Å². The molecule has 1 aliphatic rings. The van der Waals surface area contributed by atoms with Crippen LogP contribution in [0.2, 0.25) is 0 Å². The van der Waals surface area contributed by atoms with Gasteiger partial charge >= 0.3 is 5.97 Å². The first-order valence-corrected chi connectivity index (χ1v) is 13.2. The topological polar surface area (TPSA) is 86.1 Å². The zero-order valence-electron chi connectivity index (χ0n) is 18.6. The van der Waals surface area contributed by atoms with E-state index in [-0.39, 0.29) is 17.6 Å². The molecule has 32 heavy (non-hydrogen) atoms. The lowest BCUT2D eigenvalue weighted by Crippen LogP contribution is -2.17. The largest absolute Gasteiger partial charge is 0.465 e. The lowest BCUT2D eigenvalue weighted by molar-refractivity contribution is -0.113. The van der Waals surface area contributed by atoms with Crippen molar-refractivity contribution in [1.82, 2.24) is 14.8 Å². The van der Waals surface area contributed by atoms with Crippen LogP contribution in [0.4, 0.5) is 5.00 Å². The second kappa shape index (κ2) is 9.76. The van der Waals surface area contributed by atoms with Crippen LogP contribution < -0.4 is 5.32 Å². The van der Waals surface area contributed by atoms with Gasteiger partial charge in [0.25, 0.3) is 0 Å². The van der Waals surface area contributed by atoms with Crippen molar-refractivity contribution in [1.29, 1.82) is 0 Å². The number of aryl methyl sites for hydroxylation is 2. The van der Waals surface area contributed by atoms with Gasteiger partial charge < -0.3 is 14.6 Å². The van der Waals surface area contributed by atoms with E-state index in [9.17, 15) is 9.59 Å². The monoisotopic (exact) mass is 490 g/mol. The maximum absolute atomic E-state index is 12.7. The Morgan fingerprint density at radius 3 is 2.81 bits per heavy atom. The molecular weight excluding hydrogens is 464 g/mol. The zero-order chi connectivity index (χ0) is 22.8. The molecule has 3 heterocycles. The number of anilines is 1. The Bertz CT molecular complexity index is 1160. The number of hydrogen-bond acceptors (Lipinski definition) is 8. The number of nitrogens with one attached hydrogen (secondary N) is 1. The quantitative estimate of drug-likeness (QED) is 0.376. The smallest absolute Gasteiger partial charge is 0.341 e. The van der Waals surface area contributed by atoms with Crippen LogP contribution >= 0.6 is 34.4 Å². The number of nitrogens with zero attached hydrogens (tertiary/aromatic N) is 3. The highest BCUT2D eigenvalue weighted by Gasteiger charge is 2.27. The molecule has 0 fully saturated rings. The third-order valence-corrected chi connectivity index (χ3v) is 8.86. The van der Waals surface area contributed by atoms with Gasteiger partial charge in [-0.2, -0.15) is 0 Å². The van der Waals surface area contributed by atoms with Crippen molar-refractivity contribution in [2.75, 3.05) is 18.2 Å². The second-order valence-corrected chi connectivity index (χ2v) is 10.8. The second-order valence-electron chi connectivity index (χ2n) is 7.65. The highest BCUT2D eigenvalue weighted by molar-refractivity contribution is 7.99. The van der Waals surface area contributed by atoms with Gasteiger partial charge in [0.05, 0.1) is 18.4 Å². The number of aromatic nitrogens is 3. The number of ether oxygens (including phenoxy) is 1. The van der Waals surface area contributed by atoms with Gasteiger partial charge in [-0.3, -0.25) is 4.79 Å². The van der Waals surface area contributed by atoms with Gasteiger partial charge in [0.2, 0.25) is 5.91 Å². The first-order valence-electron chi connectivity index (χ1n) is 10.6. The number of fused-ring (bicyclic) bond motifs is 1. The number of methoxy groups -OCH3 is 1. The number of carbonyl (C=O) groups excluding carboxylic acids is 2. The van der Waals surface area contributed by atoms with Gasteiger partial charge in [0, 0.05) is 27.7 Å². The summed E-state index contributed by atoms with van der Waals surface area (Å²) < 4.78 is 6.92. The lowest BCUT2D eigenvalue weighted by atomic mass is 9.95. The summed E-state index contributed by atoms with van der Waals surface area (Å²) in [6, 6.07) is 0. The van der Waals surface area contributed by atoms with E-state index in [0.717, 1.165) is 49.1 Å². The molecule has 0 saturated carbocycles. The predicted molar refractivity (Wildman–Crippen MR) is 130 cm³/mol. The molecule has 0 aromatic carbocycles. The number of amides is 1. The fraction of sp³-hybridized carbons (Fsp3) is 0.455. The molecule has 0 radical (unpaired) electrons. The van der Waals surface area contributed by atoms with Crippen LogP contribution in [-0.4, -0.2) is 39.5 Å². The first-order chi connectivity index (χ1) is 15.4. The van der Waals surface area contributed by atoms with Crippen molar-refractivity contribution in [3.63, 3.8) is 0 Å². The van der Waals surface area contributed by atoms with Crippen molar-refractivity contribution in [3.8, 4) is 11.4 Å². The summed E-state index contributed by atoms with van der Waals surface area (Å²) >= 11 is 4.54. The average molecular weight is 491 g/mol. The lowest BCUT2D eigenvalue weighted by Gasteiger charge is -2.11. The van der Waals surface area contributed by atoms with E-state index in [1.54, 1.807) is 11.3 Å². The summed E-state index contributed by atoms with van der Waals surface area (Å²) in [7, 11) is 3.30. The van der Waals surface area contributed by atoms with Crippen LogP contribution in [0, 0.1) is 6.92 Å². The minimum atomic E-state index is -0.386. The highest BCUT2D eigenvalue weighted by atomic mass is 32.2. The van der Waals surface area contributed by atoms with E-state index >= 15 is 0 Å². The summed E-state index contributed by atoms with van der Waals surface area (Å²) in [5, 5.41) is 15.0. The minimum Gasteiger partial charge on any atom is -0.465 e. The Hall–Kier alpha value is -2.17. The fourth-order valence-corrected chi connectivity index (χ4v) is 6.99. The molecule has 0 spiro atoms. The molecule has 1 amide bonds. The highest BCUT2D eigenvalue weighted by Crippen LogP contribution is 2.39. The molecule has 10 heteroatoms. The summed E-state index contributed by atoms with van der Waals surface area (Å²) in [5.74, 6) is 0.429. The van der Waals surface area contributed by atoms with Crippen molar-refractivity contribution < 1.29 is 14.3 Å². The summed E-state index contributed by atoms with van der Waals surface area (Å²) in [4.78, 5) is 27.6. The summed E-state index contributed by atoms with van der Waals surface area (Å²) in [5.41, 5.74) is 3.95. The zero-order valence-corrected chi connectivity index (χ0v) is 21.1. The number of carbonyl (C=O) groups is 2. The third kappa shape index (κ3) is 4.35. The minimum absolute atomic E-state index is 0.177. The Kier molecular flexibility index (Phi) is 7.02.